The maximum atomic E-state index is 13.3. The Labute approximate surface area is 206 Å². The Bertz CT molecular complexity index is 1230. The van der Waals surface area contributed by atoms with Gasteiger partial charge in [0.15, 0.2) is 0 Å². The summed E-state index contributed by atoms with van der Waals surface area (Å²) in [6, 6.07) is 19.0. The van der Waals surface area contributed by atoms with E-state index in [4.69, 9.17) is 33.3 Å². The zero-order valence-electron chi connectivity index (χ0n) is 17.6. The molecule has 0 aromatic heterocycles. The van der Waals surface area contributed by atoms with Crippen LogP contribution in [0.2, 0.25) is 5.02 Å². The molecule has 1 fully saturated rings. The zero-order chi connectivity index (χ0) is 23.4. The van der Waals surface area contributed by atoms with Crippen molar-refractivity contribution in [3.63, 3.8) is 0 Å². The van der Waals surface area contributed by atoms with Gasteiger partial charge in [0.1, 0.15) is 28.2 Å². The number of methoxy groups -OCH3 is 1. The molecule has 33 heavy (non-hydrogen) atoms. The van der Waals surface area contributed by atoms with E-state index in [1.165, 1.54) is 23.9 Å². The molecule has 3 aromatic carbocycles. The Kier molecular flexibility index (Phi) is 7.33. The van der Waals surface area contributed by atoms with Gasteiger partial charge in [-0.3, -0.25) is 9.69 Å². The Morgan fingerprint density at radius 2 is 1.88 bits per heavy atom. The van der Waals surface area contributed by atoms with Crippen LogP contribution in [0.25, 0.3) is 6.08 Å². The largest absolute Gasteiger partial charge is 0.497 e. The van der Waals surface area contributed by atoms with Crippen LogP contribution in [0.5, 0.6) is 11.5 Å². The number of ether oxygens (including phenoxy) is 2. The molecule has 0 N–H and O–H groups in total. The first-order chi connectivity index (χ1) is 15.9. The van der Waals surface area contributed by atoms with Gasteiger partial charge in [-0.2, -0.15) is 0 Å². The number of thioether (sulfide) groups is 1. The van der Waals surface area contributed by atoms with Gasteiger partial charge in [0.25, 0.3) is 5.91 Å². The molecule has 0 saturated carbocycles. The Morgan fingerprint density at radius 3 is 2.58 bits per heavy atom. The van der Waals surface area contributed by atoms with E-state index in [9.17, 15) is 9.18 Å². The molecule has 0 atom stereocenters. The van der Waals surface area contributed by atoms with Crippen molar-refractivity contribution in [2.45, 2.75) is 13.2 Å². The molecule has 1 saturated heterocycles. The first-order valence-electron chi connectivity index (χ1n) is 9.98. The number of hydrogen-bond donors (Lipinski definition) is 0. The number of benzene rings is 3. The van der Waals surface area contributed by atoms with E-state index in [2.05, 4.69) is 0 Å². The van der Waals surface area contributed by atoms with Crippen LogP contribution in [0.4, 0.5) is 4.39 Å². The van der Waals surface area contributed by atoms with E-state index in [-0.39, 0.29) is 18.3 Å². The second-order valence-electron chi connectivity index (χ2n) is 7.22. The van der Waals surface area contributed by atoms with Crippen molar-refractivity contribution < 1.29 is 18.7 Å². The number of halogens is 2. The standard InChI is InChI=1S/C25H19ClFNO3S2/c1-30-20-8-5-16(6-9-20)14-28-24(29)23(33-25(28)32)13-17-7-10-22(21(26)12-17)31-15-18-3-2-4-19(27)11-18/h2-13H,14-15H2,1H3/b23-13-. The molecule has 4 nitrogen and oxygen atoms in total. The minimum Gasteiger partial charge on any atom is -0.497 e. The normalized spacial score (nSPS) is 14.8. The molecule has 8 heteroatoms. The third-order valence-electron chi connectivity index (χ3n) is 4.91. The lowest BCUT2D eigenvalue weighted by Gasteiger charge is -2.14. The summed E-state index contributed by atoms with van der Waals surface area (Å²) in [5, 5.41) is 0.397. The van der Waals surface area contributed by atoms with Crippen molar-refractivity contribution in [1.82, 2.24) is 4.90 Å². The molecule has 0 aliphatic carbocycles. The predicted octanol–water partition coefficient (Wildman–Crippen LogP) is 6.47. The van der Waals surface area contributed by atoms with Gasteiger partial charge in [0.2, 0.25) is 0 Å². The Balaban J connectivity index is 1.44. The van der Waals surface area contributed by atoms with E-state index >= 15 is 0 Å². The maximum Gasteiger partial charge on any atom is 0.266 e. The van der Waals surface area contributed by atoms with Crippen LogP contribution in [0.1, 0.15) is 16.7 Å². The highest BCUT2D eigenvalue weighted by molar-refractivity contribution is 8.26. The number of carbonyl (C=O) groups excluding carboxylic acids is 1. The number of hydrogen-bond acceptors (Lipinski definition) is 5. The summed E-state index contributed by atoms with van der Waals surface area (Å²) in [4.78, 5) is 15.0. The van der Waals surface area contributed by atoms with Crippen molar-refractivity contribution in [2.75, 3.05) is 7.11 Å². The summed E-state index contributed by atoms with van der Waals surface area (Å²) in [7, 11) is 1.61. The smallest absolute Gasteiger partial charge is 0.266 e. The van der Waals surface area contributed by atoms with E-state index in [0.29, 0.717) is 32.1 Å². The number of amides is 1. The molecule has 0 unspecified atom stereocenters. The molecule has 1 amide bonds. The van der Waals surface area contributed by atoms with Crippen LogP contribution >= 0.6 is 35.6 Å². The molecule has 168 valence electrons. The van der Waals surface area contributed by atoms with Crippen LogP contribution in [0.3, 0.4) is 0 Å². The van der Waals surface area contributed by atoms with Gasteiger partial charge in [0.05, 0.1) is 23.6 Å². The Hall–Kier alpha value is -2.87. The molecule has 3 aromatic rings. The van der Waals surface area contributed by atoms with Crippen LogP contribution in [-0.2, 0) is 17.9 Å². The number of carbonyl (C=O) groups is 1. The summed E-state index contributed by atoms with van der Waals surface area (Å²) >= 11 is 13.1. The van der Waals surface area contributed by atoms with E-state index in [1.54, 1.807) is 42.4 Å². The van der Waals surface area contributed by atoms with Crippen LogP contribution < -0.4 is 9.47 Å². The molecular weight excluding hydrogens is 481 g/mol. The molecule has 0 radical (unpaired) electrons. The van der Waals surface area contributed by atoms with Crippen LogP contribution in [-0.4, -0.2) is 22.2 Å². The fourth-order valence-electron chi connectivity index (χ4n) is 3.21. The van der Waals surface area contributed by atoms with Gasteiger partial charge in [-0.05, 0) is 59.2 Å². The monoisotopic (exact) mass is 499 g/mol. The van der Waals surface area contributed by atoms with Crippen LogP contribution in [0, 0.1) is 5.82 Å². The zero-order valence-corrected chi connectivity index (χ0v) is 20.0. The summed E-state index contributed by atoms with van der Waals surface area (Å²) in [5.74, 6) is 0.764. The van der Waals surface area contributed by atoms with Crippen molar-refractivity contribution in [1.29, 1.82) is 0 Å². The van der Waals surface area contributed by atoms with Gasteiger partial charge >= 0.3 is 0 Å². The summed E-state index contributed by atoms with van der Waals surface area (Å²) < 4.78 is 24.7. The van der Waals surface area contributed by atoms with Gasteiger partial charge in [-0.25, -0.2) is 4.39 Å². The third kappa shape index (κ3) is 5.74. The van der Waals surface area contributed by atoms with Crippen molar-refractivity contribution in [3.05, 3.63) is 99.2 Å². The van der Waals surface area contributed by atoms with Crippen molar-refractivity contribution in [3.8, 4) is 11.5 Å². The van der Waals surface area contributed by atoms with Gasteiger partial charge < -0.3 is 9.47 Å². The lowest BCUT2D eigenvalue weighted by Crippen LogP contribution is -2.27. The molecule has 4 rings (SSSR count). The minimum atomic E-state index is -0.318. The number of thiocarbonyl (C=S) groups is 1. The average molecular weight is 500 g/mol. The van der Waals surface area contributed by atoms with Crippen molar-refractivity contribution >= 4 is 51.9 Å². The minimum absolute atomic E-state index is 0.150. The lowest BCUT2D eigenvalue weighted by atomic mass is 10.2. The summed E-state index contributed by atoms with van der Waals surface area (Å²) in [6.07, 6.45) is 1.76. The second-order valence-corrected chi connectivity index (χ2v) is 9.31. The molecule has 1 aliphatic heterocycles. The lowest BCUT2D eigenvalue weighted by molar-refractivity contribution is -0.122. The first kappa shape index (κ1) is 23.3. The van der Waals surface area contributed by atoms with Crippen LogP contribution in [0.15, 0.2) is 71.6 Å². The predicted molar refractivity (Wildman–Crippen MR) is 134 cm³/mol. The molecular formula is C25H19ClFNO3S2. The second kappa shape index (κ2) is 10.4. The van der Waals surface area contributed by atoms with E-state index in [1.807, 2.05) is 30.3 Å². The van der Waals surface area contributed by atoms with Gasteiger partial charge in [-0.1, -0.05) is 65.9 Å². The topological polar surface area (TPSA) is 38.8 Å². The first-order valence-corrected chi connectivity index (χ1v) is 11.6. The average Bonchev–Trinajstić information content (AvgIpc) is 3.06. The third-order valence-corrected chi connectivity index (χ3v) is 6.58. The highest BCUT2D eigenvalue weighted by Crippen LogP contribution is 2.35. The molecule has 1 heterocycles. The summed E-state index contributed by atoms with van der Waals surface area (Å²) in [5.41, 5.74) is 2.41. The summed E-state index contributed by atoms with van der Waals surface area (Å²) in [6.45, 7) is 0.584. The fourth-order valence-corrected chi connectivity index (χ4v) is 4.71. The van der Waals surface area contributed by atoms with Crippen molar-refractivity contribution in [2.24, 2.45) is 0 Å². The number of rotatable bonds is 7. The van der Waals surface area contributed by atoms with Gasteiger partial charge in [-0.15, -0.1) is 0 Å². The SMILES string of the molecule is COc1ccc(CN2C(=O)/C(=C/c3ccc(OCc4cccc(F)c4)c(Cl)c3)SC2=S)cc1. The number of nitrogens with zero attached hydrogens (tertiary/aromatic N) is 1. The fraction of sp³-hybridized carbons (Fsp3) is 0.120. The quantitative estimate of drug-likeness (QED) is 0.275. The van der Waals surface area contributed by atoms with E-state index in [0.717, 1.165) is 16.9 Å². The Morgan fingerprint density at radius 1 is 1.09 bits per heavy atom. The maximum absolute atomic E-state index is 13.3. The van der Waals surface area contributed by atoms with Gasteiger partial charge in [0, 0.05) is 0 Å². The highest BCUT2D eigenvalue weighted by Gasteiger charge is 2.32. The molecule has 1 aliphatic rings. The molecule has 0 bridgehead atoms. The highest BCUT2D eigenvalue weighted by atomic mass is 35.5. The molecule has 0 spiro atoms. The van der Waals surface area contributed by atoms with E-state index < -0.39 is 0 Å².